The first-order chi connectivity index (χ1) is 9.43. The van der Waals surface area contributed by atoms with Crippen LogP contribution in [-0.4, -0.2) is 73.0 Å². The summed E-state index contributed by atoms with van der Waals surface area (Å²) in [6.07, 6.45) is 0. The molecule has 0 saturated carbocycles. The SMILES string of the molecule is COC(=O)c1ccc(N(CCN(C)C)CC(=O)O)nn1. The zero-order valence-electron chi connectivity index (χ0n) is 11.7. The van der Waals surface area contributed by atoms with E-state index in [1.165, 1.54) is 13.2 Å². The summed E-state index contributed by atoms with van der Waals surface area (Å²) in [5.41, 5.74) is 0.0825. The molecule has 1 heterocycles. The van der Waals surface area contributed by atoms with Crippen molar-refractivity contribution in [3.63, 3.8) is 0 Å². The lowest BCUT2D eigenvalue weighted by Crippen LogP contribution is -2.36. The van der Waals surface area contributed by atoms with E-state index in [0.717, 1.165) is 0 Å². The Morgan fingerprint density at radius 3 is 2.40 bits per heavy atom. The molecule has 8 nitrogen and oxygen atoms in total. The van der Waals surface area contributed by atoms with E-state index >= 15 is 0 Å². The molecule has 1 aromatic rings. The molecule has 1 aromatic heterocycles. The number of rotatable bonds is 7. The van der Waals surface area contributed by atoms with Gasteiger partial charge in [-0.25, -0.2) is 4.79 Å². The molecule has 0 aliphatic rings. The minimum Gasteiger partial charge on any atom is -0.480 e. The van der Waals surface area contributed by atoms with Crippen LogP contribution >= 0.6 is 0 Å². The van der Waals surface area contributed by atoms with Crippen molar-refractivity contribution in [3.8, 4) is 0 Å². The van der Waals surface area contributed by atoms with Crippen LogP contribution in [-0.2, 0) is 9.53 Å². The summed E-state index contributed by atoms with van der Waals surface area (Å²) in [6, 6.07) is 3.01. The minimum atomic E-state index is -0.956. The zero-order chi connectivity index (χ0) is 15.1. The van der Waals surface area contributed by atoms with E-state index in [0.29, 0.717) is 18.9 Å². The molecule has 0 aromatic carbocycles. The highest BCUT2D eigenvalue weighted by Gasteiger charge is 2.14. The topological polar surface area (TPSA) is 95.9 Å². The fourth-order valence-electron chi connectivity index (χ4n) is 1.47. The van der Waals surface area contributed by atoms with E-state index in [-0.39, 0.29) is 12.2 Å². The number of methoxy groups -OCH3 is 1. The van der Waals surface area contributed by atoms with Gasteiger partial charge in [0, 0.05) is 13.1 Å². The molecular weight excluding hydrogens is 264 g/mol. The number of carboxylic acid groups (broad SMARTS) is 1. The number of aromatic nitrogens is 2. The molecular formula is C12H18N4O4. The summed E-state index contributed by atoms with van der Waals surface area (Å²) >= 11 is 0. The number of carbonyl (C=O) groups is 2. The number of aliphatic carboxylic acids is 1. The second-order valence-electron chi connectivity index (χ2n) is 4.39. The van der Waals surface area contributed by atoms with Gasteiger partial charge in [-0.2, -0.15) is 0 Å². The van der Waals surface area contributed by atoms with Crippen LogP contribution in [0.1, 0.15) is 10.5 Å². The van der Waals surface area contributed by atoms with Crippen LogP contribution in [0.3, 0.4) is 0 Å². The fourth-order valence-corrected chi connectivity index (χ4v) is 1.47. The van der Waals surface area contributed by atoms with E-state index in [4.69, 9.17) is 5.11 Å². The first kappa shape index (κ1) is 15.8. The van der Waals surface area contributed by atoms with Crippen molar-refractivity contribution in [2.24, 2.45) is 0 Å². The molecule has 1 N–H and O–H groups in total. The van der Waals surface area contributed by atoms with Gasteiger partial charge in [-0.3, -0.25) is 4.79 Å². The normalized spacial score (nSPS) is 10.4. The maximum absolute atomic E-state index is 11.2. The zero-order valence-corrected chi connectivity index (χ0v) is 11.7. The molecule has 110 valence electrons. The molecule has 0 atom stereocenters. The second-order valence-corrected chi connectivity index (χ2v) is 4.39. The number of hydrogen-bond donors (Lipinski definition) is 1. The molecule has 1 rings (SSSR count). The van der Waals surface area contributed by atoms with Gasteiger partial charge >= 0.3 is 11.9 Å². The van der Waals surface area contributed by atoms with Crippen molar-refractivity contribution in [2.75, 3.05) is 45.7 Å². The summed E-state index contributed by atoms with van der Waals surface area (Å²) in [7, 11) is 5.04. The van der Waals surface area contributed by atoms with Crippen molar-refractivity contribution in [1.82, 2.24) is 15.1 Å². The van der Waals surface area contributed by atoms with Crippen molar-refractivity contribution >= 4 is 17.8 Å². The number of likely N-dealkylation sites (N-methyl/N-ethyl adjacent to an activating group) is 1. The summed E-state index contributed by atoms with van der Waals surface area (Å²) in [4.78, 5) is 25.6. The molecule has 0 bridgehead atoms. The number of nitrogens with zero attached hydrogens (tertiary/aromatic N) is 4. The summed E-state index contributed by atoms with van der Waals surface area (Å²) in [6.45, 7) is 0.985. The van der Waals surface area contributed by atoms with E-state index < -0.39 is 11.9 Å². The van der Waals surface area contributed by atoms with Crippen molar-refractivity contribution in [1.29, 1.82) is 0 Å². The highest BCUT2D eigenvalue weighted by atomic mass is 16.5. The van der Waals surface area contributed by atoms with Crippen LogP contribution in [0.15, 0.2) is 12.1 Å². The van der Waals surface area contributed by atoms with Gasteiger partial charge in [0.05, 0.1) is 7.11 Å². The molecule has 0 radical (unpaired) electrons. The molecule has 0 unspecified atom stereocenters. The van der Waals surface area contributed by atoms with Crippen LogP contribution in [0, 0.1) is 0 Å². The highest BCUT2D eigenvalue weighted by molar-refractivity contribution is 5.87. The Balaban J connectivity index is 2.84. The van der Waals surface area contributed by atoms with Crippen molar-refractivity contribution in [3.05, 3.63) is 17.8 Å². The Morgan fingerprint density at radius 2 is 1.95 bits per heavy atom. The van der Waals surface area contributed by atoms with Gasteiger partial charge in [0.25, 0.3) is 0 Å². The van der Waals surface area contributed by atoms with Crippen molar-refractivity contribution in [2.45, 2.75) is 0 Å². The first-order valence-electron chi connectivity index (χ1n) is 5.97. The average Bonchev–Trinajstić information content (AvgIpc) is 2.42. The van der Waals surface area contributed by atoms with Crippen LogP contribution in [0.2, 0.25) is 0 Å². The van der Waals surface area contributed by atoms with Gasteiger partial charge in [-0.15, -0.1) is 10.2 Å². The van der Waals surface area contributed by atoms with E-state index in [9.17, 15) is 9.59 Å². The third-order valence-electron chi connectivity index (χ3n) is 2.51. The summed E-state index contributed by atoms with van der Waals surface area (Å²) in [5, 5.41) is 16.5. The second kappa shape index (κ2) is 7.39. The lowest BCUT2D eigenvalue weighted by Gasteiger charge is -2.23. The summed E-state index contributed by atoms with van der Waals surface area (Å²) in [5.74, 6) is -1.13. The molecule has 20 heavy (non-hydrogen) atoms. The largest absolute Gasteiger partial charge is 0.480 e. The maximum atomic E-state index is 11.2. The Kier molecular flexibility index (Phi) is 5.85. The van der Waals surface area contributed by atoms with Crippen LogP contribution in [0.5, 0.6) is 0 Å². The van der Waals surface area contributed by atoms with Gasteiger partial charge in [0.1, 0.15) is 6.54 Å². The molecule has 0 fully saturated rings. The third kappa shape index (κ3) is 4.81. The van der Waals surface area contributed by atoms with E-state index in [1.54, 1.807) is 11.0 Å². The predicted octanol–water partition coefficient (Wildman–Crippen LogP) is -0.284. The predicted molar refractivity (Wildman–Crippen MR) is 71.8 cm³/mol. The number of ether oxygens (including phenoxy) is 1. The van der Waals surface area contributed by atoms with Gasteiger partial charge in [-0.05, 0) is 26.2 Å². The number of carboxylic acids is 1. The lowest BCUT2D eigenvalue weighted by atomic mass is 10.3. The fraction of sp³-hybridized carbons (Fsp3) is 0.500. The van der Waals surface area contributed by atoms with Gasteiger partial charge < -0.3 is 19.6 Å². The number of esters is 1. The first-order valence-corrected chi connectivity index (χ1v) is 5.97. The number of carbonyl (C=O) groups excluding carboxylic acids is 1. The molecule has 0 saturated heterocycles. The average molecular weight is 282 g/mol. The molecule has 0 aliphatic carbocycles. The Hall–Kier alpha value is -2.22. The van der Waals surface area contributed by atoms with Crippen LogP contribution in [0.4, 0.5) is 5.82 Å². The summed E-state index contributed by atoms with van der Waals surface area (Å²) < 4.78 is 4.52. The van der Waals surface area contributed by atoms with Crippen LogP contribution in [0.25, 0.3) is 0 Å². The molecule has 8 heteroatoms. The quantitative estimate of drug-likeness (QED) is 0.682. The van der Waals surface area contributed by atoms with E-state index in [1.807, 2.05) is 19.0 Å². The van der Waals surface area contributed by atoms with Gasteiger partial charge in [0.2, 0.25) is 0 Å². The number of anilines is 1. The van der Waals surface area contributed by atoms with Crippen LogP contribution < -0.4 is 4.90 Å². The van der Waals surface area contributed by atoms with E-state index in [2.05, 4.69) is 14.9 Å². The smallest absolute Gasteiger partial charge is 0.358 e. The molecule has 0 spiro atoms. The third-order valence-corrected chi connectivity index (χ3v) is 2.51. The number of hydrogen-bond acceptors (Lipinski definition) is 7. The standard InChI is InChI=1S/C12H18N4O4/c1-15(2)6-7-16(8-11(17)18)10-5-4-9(13-14-10)12(19)20-3/h4-5H,6-8H2,1-3H3,(H,17,18). The van der Waals surface area contributed by atoms with Crippen molar-refractivity contribution < 1.29 is 19.4 Å². The Bertz CT molecular complexity index is 461. The monoisotopic (exact) mass is 282 g/mol. The molecule has 0 amide bonds. The lowest BCUT2D eigenvalue weighted by molar-refractivity contribution is -0.135. The van der Waals surface area contributed by atoms with Gasteiger partial charge in [-0.1, -0.05) is 0 Å². The van der Waals surface area contributed by atoms with Gasteiger partial charge in [0.15, 0.2) is 11.5 Å². The minimum absolute atomic E-state index is 0.0825. The maximum Gasteiger partial charge on any atom is 0.358 e. The highest BCUT2D eigenvalue weighted by Crippen LogP contribution is 2.09. The Labute approximate surface area is 117 Å². The Morgan fingerprint density at radius 1 is 1.25 bits per heavy atom. The molecule has 0 aliphatic heterocycles.